The van der Waals surface area contributed by atoms with Crippen LogP contribution in [0.5, 0.6) is 0 Å². The van der Waals surface area contributed by atoms with E-state index in [-0.39, 0.29) is 22.6 Å². The van der Waals surface area contributed by atoms with Crippen LogP contribution in [-0.2, 0) is 4.74 Å². The van der Waals surface area contributed by atoms with Crippen LogP contribution in [0, 0.1) is 6.92 Å². The van der Waals surface area contributed by atoms with E-state index >= 15 is 0 Å². The number of nitrogens with two attached hydrogens (primary N) is 1. The normalized spacial score (nSPS) is 10.2. The van der Waals surface area contributed by atoms with E-state index in [2.05, 4.69) is 20.3 Å². The minimum atomic E-state index is -0.590. The van der Waals surface area contributed by atoms with E-state index in [9.17, 15) is 9.59 Å². The molecule has 0 atom stereocenters. The summed E-state index contributed by atoms with van der Waals surface area (Å²) in [7, 11) is 1.25. The number of anilines is 2. The molecule has 0 aliphatic heterocycles. The average Bonchev–Trinajstić information content (AvgIpc) is 2.78. The average molecular weight is 309 g/mol. The summed E-state index contributed by atoms with van der Waals surface area (Å²) in [6.07, 6.45) is 0. The van der Waals surface area contributed by atoms with Crippen molar-refractivity contribution in [2.24, 2.45) is 0 Å². The maximum absolute atomic E-state index is 12.2. The smallest absolute Gasteiger partial charge is 0.339 e. The first-order valence-corrected chi connectivity index (χ1v) is 6.31. The number of carbonyl (C=O) groups excluding carboxylic acids is 2. The minimum Gasteiger partial charge on any atom is -0.465 e. The topological polar surface area (TPSA) is 110 Å². The molecule has 7 nitrogen and oxygen atoms in total. The minimum absolute atomic E-state index is 0.0447. The molecule has 0 saturated carbocycles. The van der Waals surface area contributed by atoms with E-state index in [4.69, 9.17) is 17.3 Å². The van der Waals surface area contributed by atoms with Gasteiger partial charge in [0, 0.05) is 5.02 Å². The number of carbonyl (C=O) groups is 2. The fourth-order valence-corrected chi connectivity index (χ4v) is 1.87. The molecule has 0 aliphatic rings. The summed E-state index contributed by atoms with van der Waals surface area (Å²) in [5.74, 6) is -1.14. The number of hydrogen-bond acceptors (Lipinski definition) is 5. The summed E-state index contributed by atoms with van der Waals surface area (Å²) in [5, 5.41) is 9.34. The number of esters is 1. The molecule has 2 aromatic rings. The third-order valence-electron chi connectivity index (χ3n) is 2.84. The quantitative estimate of drug-likeness (QED) is 0.751. The highest BCUT2D eigenvalue weighted by molar-refractivity contribution is 6.31. The first-order chi connectivity index (χ1) is 9.93. The standard InChI is InChI=1S/C13H13ClN4O3/c1-6-10(15)11(18-17-6)12(19)16-9-5-7(14)3-4-8(9)13(20)21-2/h3-5H,15H2,1-2H3,(H,16,19)(H,17,18). The molecule has 0 spiro atoms. The fraction of sp³-hybridized carbons (Fsp3) is 0.154. The maximum Gasteiger partial charge on any atom is 0.339 e. The first kappa shape index (κ1) is 14.9. The van der Waals surface area contributed by atoms with E-state index in [0.29, 0.717) is 10.7 Å². The molecule has 0 aliphatic carbocycles. The molecule has 0 unspecified atom stereocenters. The third kappa shape index (κ3) is 2.97. The number of ether oxygens (including phenoxy) is 1. The molecule has 0 saturated heterocycles. The summed E-state index contributed by atoms with van der Waals surface area (Å²) < 4.78 is 4.65. The lowest BCUT2D eigenvalue weighted by molar-refractivity contribution is 0.0602. The van der Waals surface area contributed by atoms with Crippen LogP contribution in [0.4, 0.5) is 11.4 Å². The largest absolute Gasteiger partial charge is 0.465 e. The van der Waals surface area contributed by atoms with Gasteiger partial charge >= 0.3 is 5.97 Å². The number of benzene rings is 1. The van der Waals surface area contributed by atoms with Gasteiger partial charge in [0.15, 0.2) is 5.69 Å². The predicted molar refractivity (Wildman–Crippen MR) is 78.5 cm³/mol. The molecule has 0 fully saturated rings. The van der Waals surface area contributed by atoms with Crippen LogP contribution >= 0.6 is 11.6 Å². The number of aromatic nitrogens is 2. The molecule has 1 aromatic carbocycles. The number of hydrogen-bond donors (Lipinski definition) is 3. The lowest BCUT2D eigenvalue weighted by Gasteiger charge is -2.09. The lowest BCUT2D eigenvalue weighted by Crippen LogP contribution is -2.17. The van der Waals surface area contributed by atoms with E-state index in [1.165, 1.54) is 25.3 Å². The summed E-state index contributed by atoms with van der Waals surface area (Å²) in [6, 6.07) is 4.43. The Morgan fingerprint density at radius 3 is 2.71 bits per heavy atom. The Hall–Kier alpha value is -2.54. The molecular formula is C13H13ClN4O3. The van der Waals surface area contributed by atoms with Gasteiger partial charge in [0.1, 0.15) is 0 Å². The number of nitrogens with zero attached hydrogens (tertiary/aromatic N) is 1. The SMILES string of the molecule is COC(=O)c1ccc(Cl)cc1NC(=O)c1n[nH]c(C)c1N. The van der Waals surface area contributed by atoms with Gasteiger partial charge in [-0.1, -0.05) is 11.6 Å². The van der Waals surface area contributed by atoms with Crippen LogP contribution in [0.1, 0.15) is 26.5 Å². The second-order valence-electron chi connectivity index (χ2n) is 4.25. The highest BCUT2D eigenvalue weighted by Crippen LogP contribution is 2.23. The number of methoxy groups -OCH3 is 1. The lowest BCUT2D eigenvalue weighted by atomic mass is 10.1. The number of halogens is 1. The second kappa shape index (κ2) is 5.84. The number of rotatable bonds is 3. The molecular weight excluding hydrogens is 296 g/mol. The van der Waals surface area contributed by atoms with Gasteiger partial charge < -0.3 is 15.8 Å². The van der Waals surface area contributed by atoms with Gasteiger partial charge in [0.2, 0.25) is 0 Å². The van der Waals surface area contributed by atoms with Gasteiger partial charge in [0.25, 0.3) is 5.91 Å². The van der Waals surface area contributed by atoms with E-state index < -0.39 is 11.9 Å². The summed E-state index contributed by atoms with van der Waals surface area (Å²) in [6.45, 7) is 1.69. The Labute approximate surface area is 125 Å². The van der Waals surface area contributed by atoms with E-state index in [1.54, 1.807) is 6.92 Å². The van der Waals surface area contributed by atoms with Gasteiger partial charge in [-0.25, -0.2) is 4.79 Å². The van der Waals surface area contributed by atoms with Crippen molar-refractivity contribution in [1.29, 1.82) is 0 Å². The van der Waals surface area contributed by atoms with Crippen molar-refractivity contribution < 1.29 is 14.3 Å². The Bertz CT molecular complexity index is 711. The number of H-pyrrole nitrogens is 1. The fourth-order valence-electron chi connectivity index (χ4n) is 1.70. The van der Waals surface area contributed by atoms with Crippen molar-refractivity contribution in [2.75, 3.05) is 18.2 Å². The van der Waals surface area contributed by atoms with Gasteiger partial charge in [-0.15, -0.1) is 0 Å². The van der Waals surface area contributed by atoms with Crippen LogP contribution < -0.4 is 11.1 Å². The number of nitrogen functional groups attached to an aromatic ring is 1. The Balaban J connectivity index is 2.34. The van der Waals surface area contributed by atoms with Crippen molar-refractivity contribution in [3.05, 3.63) is 40.2 Å². The van der Waals surface area contributed by atoms with Gasteiger partial charge in [0.05, 0.1) is 29.7 Å². The van der Waals surface area contributed by atoms with Crippen molar-refractivity contribution >= 4 is 34.9 Å². The second-order valence-corrected chi connectivity index (χ2v) is 4.68. The van der Waals surface area contributed by atoms with Crippen LogP contribution in [0.15, 0.2) is 18.2 Å². The summed E-state index contributed by atoms with van der Waals surface area (Å²) in [4.78, 5) is 23.8. The van der Waals surface area contributed by atoms with Crippen LogP contribution in [0.25, 0.3) is 0 Å². The zero-order valence-corrected chi connectivity index (χ0v) is 12.1. The molecule has 1 aromatic heterocycles. The zero-order valence-electron chi connectivity index (χ0n) is 11.4. The predicted octanol–water partition coefficient (Wildman–Crippen LogP) is 1.99. The van der Waals surface area contributed by atoms with Gasteiger partial charge in [-0.2, -0.15) is 5.10 Å². The van der Waals surface area contributed by atoms with Crippen LogP contribution in [0.2, 0.25) is 5.02 Å². The van der Waals surface area contributed by atoms with Gasteiger partial charge in [-0.05, 0) is 25.1 Å². The number of aromatic amines is 1. The molecule has 2 rings (SSSR count). The molecule has 1 amide bonds. The Morgan fingerprint density at radius 2 is 2.14 bits per heavy atom. The van der Waals surface area contributed by atoms with Crippen molar-refractivity contribution in [2.45, 2.75) is 6.92 Å². The molecule has 0 bridgehead atoms. The van der Waals surface area contributed by atoms with E-state index in [0.717, 1.165) is 0 Å². The molecule has 21 heavy (non-hydrogen) atoms. The number of amides is 1. The highest BCUT2D eigenvalue weighted by Gasteiger charge is 2.19. The third-order valence-corrected chi connectivity index (χ3v) is 3.08. The van der Waals surface area contributed by atoms with Crippen LogP contribution in [0.3, 0.4) is 0 Å². The van der Waals surface area contributed by atoms with Crippen molar-refractivity contribution in [3.63, 3.8) is 0 Å². The molecule has 8 heteroatoms. The molecule has 0 radical (unpaired) electrons. The van der Waals surface area contributed by atoms with Crippen molar-refractivity contribution in [1.82, 2.24) is 10.2 Å². The zero-order chi connectivity index (χ0) is 15.6. The Morgan fingerprint density at radius 1 is 1.43 bits per heavy atom. The number of nitrogens with one attached hydrogen (secondary N) is 2. The maximum atomic E-state index is 12.2. The molecule has 4 N–H and O–H groups in total. The van der Waals surface area contributed by atoms with Crippen molar-refractivity contribution in [3.8, 4) is 0 Å². The molecule has 110 valence electrons. The van der Waals surface area contributed by atoms with E-state index in [1.807, 2.05) is 0 Å². The molecule has 1 heterocycles. The first-order valence-electron chi connectivity index (χ1n) is 5.93. The summed E-state index contributed by atoms with van der Waals surface area (Å²) >= 11 is 5.88. The van der Waals surface area contributed by atoms with Crippen LogP contribution in [-0.4, -0.2) is 29.2 Å². The summed E-state index contributed by atoms with van der Waals surface area (Å²) in [5.41, 5.74) is 7.01. The highest BCUT2D eigenvalue weighted by atomic mass is 35.5. The monoisotopic (exact) mass is 308 g/mol. The number of aryl methyl sites for hydroxylation is 1. The van der Waals surface area contributed by atoms with Gasteiger partial charge in [-0.3, -0.25) is 9.89 Å². The Kier molecular flexibility index (Phi) is 4.13.